The summed E-state index contributed by atoms with van der Waals surface area (Å²) in [6.45, 7) is 0. The molecule has 0 fully saturated rings. The second-order valence-electron chi connectivity index (χ2n) is 2.12. The number of hydrogen-bond acceptors (Lipinski definition) is 4. The molecule has 0 aliphatic rings. The van der Waals surface area contributed by atoms with Gasteiger partial charge in [0.1, 0.15) is 5.78 Å². The Morgan fingerprint density at radius 1 is 1.18 bits per heavy atom. The first-order valence-corrected chi connectivity index (χ1v) is 3.12. The highest BCUT2D eigenvalue weighted by atomic mass is 16.5. The smallest absolute Gasteiger partial charge is 0.303 e. The van der Waals surface area contributed by atoms with Crippen molar-refractivity contribution in [1.29, 1.82) is 0 Å². The number of carboxylic acid groups (broad SMARTS) is 1. The van der Waals surface area contributed by atoms with Crippen molar-refractivity contribution in [2.75, 3.05) is 0 Å². The Bertz CT molecular complexity index is 151. The zero-order valence-corrected chi connectivity index (χ0v) is 5.86. The van der Waals surface area contributed by atoms with Gasteiger partial charge in [-0.25, -0.2) is 0 Å². The molecule has 0 amide bonds. The number of hydrogen-bond donors (Lipinski definition) is 3. The van der Waals surface area contributed by atoms with E-state index in [4.69, 9.17) is 15.3 Å². The van der Waals surface area contributed by atoms with Gasteiger partial charge in [-0.15, -0.1) is 0 Å². The highest BCUT2D eigenvalue weighted by Crippen LogP contribution is 1.97. The third-order valence-electron chi connectivity index (χ3n) is 1.03. The van der Waals surface area contributed by atoms with E-state index in [1.165, 1.54) is 0 Å². The summed E-state index contributed by atoms with van der Waals surface area (Å²) in [5.74, 6) is -1.52. The standard InChI is InChI=1S/C6H10O5/c7-4(3-6(10)11)1-2-5(8)9/h6,10-11H,1-3H2,(H,8,9). The van der Waals surface area contributed by atoms with Crippen molar-refractivity contribution in [1.82, 2.24) is 0 Å². The fourth-order valence-corrected chi connectivity index (χ4v) is 0.552. The lowest BCUT2D eigenvalue weighted by Crippen LogP contribution is -2.13. The number of ketones is 1. The highest BCUT2D eigenvalue weighted by molar-refractivity contribution is 5.82. The van der Waals surface area contributed by atoms with Crippen molar-refractivity contribution in [3.8, 4) is 0 Å². The number of aliphatic carboxylic acids is 1. The topological polar surface area (TPSA) is 94.8 Å². The summed E-state index contributed by atoms with van der Waals surface area (Å²) in [6, 6.07) is 0. The Labute approximate surface area is 63.3 Å². The molecule has 0 spiro atoms. The third kappa shape index (κ3) is 6.95. The third-order valence-corrected chi connectivity index (χ3v) is 1.03. The Balaban J connectivity index is 3.45. The summed E-state index contributed by atoms with van der Waals surface area (Å²) >= 11 is 0. The minimum absolute atomic E-state index is 0.146. The van der Waals surface area contributed by atoms with Crippen molar-refractivity contribution in [2.45, 2.75) is 25.6 Å². The summed E-state index contributed by atoms with van der Waals surface area (Å²) in [5, 5.41) is 24.7. The molecule has 0 bridgehead atoms. The normalized spacial score (nSPS) is 10.1. The van der Waals surface area contributed by atoms with Gasteiger partial charge in [-0.05, 0) is 0 Å². The van der Waals surface area contributed by atoms with Crippen molar-refractivity contribution >= 4 is 11.8 Å². The number of carbonyl (C=O) groups excluding carboxylic acids is 1. The van der Waals surface area contributed by atoms with Gasteiger partial charge < -0.3 is 15.3 Å². The van der Waals surface area contributed by atoms with Crippen LogP contribution in [0.1, 0.15) is 19.3 Å². The fraction of sp³-hybridized carbons (Fsp3) is 0.667. The molecule has 11 heavy (non-hydrogen) atoms. The Morgan fingerprint density at radius 3 is 2.09 bits per heavy atom. The van der Waals surface area contributed by atoms with E-state index in [-0.39, 0.29) is 12.8 Å². The summed E-state index contributed by atoms with van der Waals surface area (Å²) < 4.78 is 0. The molecular weight excluding hydrogens is 152 g/mol. The molecular formula is C6H10O5. The van der Waals surface area contributed by atoms with Crippen molar-refractivity contribution in [3.63, 3.8) is 0 Å². The molecule has 0 saturated carbocycles. The van der Waals surface area contributed by atoms with Gasteiger partial charge in [0.15, 0.2) is 6.29 Å². The predicted octanol–water partition coefficient (Wildman–Crippen LogP) is -0.879. The van der Waals surface area contributed by atoms with Gasteiger partial charge >= 0.3 is 5.97 Å². The molecule has 0 saturated heterocycles. The molecule has 0 radical (unpaired) electrons. The average Bonchev–Trinajstić information content (AvgIpc) is 1.82. The number of Topliss-reactive ketones (excluding diaryl/α,β-unsaturated/α-hetero) is 1. The van der Waals surface area contributed by atoms with Gasteiger partial charge in [0.25, 0.3) is 0 Å². The highest BCUT2D eigenvalue weighted by Gasteiger charge is 2.08. The van der Waals surface area contributed by atoms with Gasteiger partial charge in [-0.3, -0.25) is 9.59 Å². The first-order chi connectivity index (χ1) is 5.02. The van der Waals surface area contributed by atoms with E-state index >= 15 is 0 Å². The van der Waals surface area contributed by atoms with E-state index in [2.05, 4.69) is 0 Å². The summed E-state index contributed by atoms with van der Waals surface area (Å²) in [4.78, 5) is 20.5. The number of carbonyl (C=O) groups is 2. The van der Waals surface area contributed by atoms with Gasteiger partial charge in [0.2, 0.25) is 0 Å². The largest absolute Gasteiger partial charge is 0.481 e. The fourth-order valence-electron chi connectivity index (χ4n) is 0.552. The van der Waals surface area contributed by atoms with Crippen molar-refractivity contribution < 1.29 is 24.9 Å². The lowest BCUT2D eigenvalue weighted by Gasteiger charge is -1.99. The van der Waals surface area contributed by atoms with Crippen LogP contribution in [0.2, 0.25) is 0 Å². The van der Waals surface area contributed by atoms with E-state index in [1.807, 2.05) is 0 Å². The Morgan fingerprint density at radius 2 is 1.73 bits per heavy atom. The second kappa shape index (κ2) is 4.81. The van der Waals surface area contributed by atoms with Crippen molar-refractivity contribution in [2.24, 2.45) is 0 Å². The molecule has 0 aromatic rings. The van der Waals surface area contributed by atoms with E-state index in [0.29, 0.717) is 0 Å². The first kappa shape index (κ1) is 10.1. The number of aliphatic hydroxyl groups excluding tert-OH is 1. The maximum absolute atomic E-state index is 10.6. The minimum Gasteiger partial charge on any atom is -0.481 e. The van der Waals surface area contributed by atoms with Crippen LogP contribution in [0.5, 0.6) is 0 Å². The zero-order chi connectivity index (χ0) is 8.85. The molecule has 0 aliphatic carbocycles. The molecule has 64 valence electrons. The van der Waals surface area contributed by atoms with Gasteiger partial charge in [0, 0.05) is 6.42 Å². The lowest BCUT2D eigenvalue weighted by atomic mass is 10.1. The summed E-state index contributed by atoms with van der Waals surface area (Å²) in [6.07, 6.45) is -2.47. The molecule has 5 nitrogen and oxygen atoms in total. The molecule has 0 unspecified atom stereocenters. The Kier molecular flexibility index (Phi) is 4.40. The molecule has 0 rings (SSSR count). The summed E-state index contributed by atoms with van der Waals surface area (Å²) in [7, 11) is 0. The van der Waals surface area contributed by atoms with Gasteiger partial charge in [-0.2, -0.15) is 0 Å². The van der Waals surface area contributed by atoms with E-state index < -0.39 is 24.5 Å². The van der Waals surface area contributed by atoms with E-state index in [1.54, 1.807) is 0 Å². The molecule has 3 N–H and O–H groups in total. The predicted molar refractivity (Wildman–Crippen MR) is 34.7 cm³/mol. The molecule has 5 heteroatoms. The average molecular weight is 162 g/mol. The maximum Gasteiger partial charge on any atom is 0.303 e. The molecule has 0 atom stereocenters. The number of rotatable bonds is 5. The van der Waals surface area contributed by atoms with Crippen LogP contribution in [-0.4, -0.2) is 33.4 Å². The molecule has 0 heterocycles. The van der Waals surface area contributed by atoms with Crippen LogP contribution in [0.15, 0.2) is 0 Å². The van der Waals surface area contributed by atoms with Crippen LogP contribution >= 0.6 is 0 Å². The van der Waals surface area contributed by atoms with Gasteiger partial charge in [0.05, 0.1) is 12.8 Å². The quantitative estimate of drug-likeness (QED) is 0.456. The molecule has 0 aliphatic heterocycles. The monoisotopic (exact) mass is 162 g/mol. The first-order valence-electron chi connectivity index (χ1n) is 3.12. The number of carboxylic acids is 1. The second-order valence-corrected chi connectivity index (χ2v) is 2.12. The van der Waals surface area contributed by atoms with Crippen LogP contribution in [0.25, 0.3) is 0 Å². The SMILES string of the molecule is O=C(O)CCC(=O)CC(O)O. The van der Waals surface area contributed by atoms with Crippen LogP contribution in [-0.2, 0) is 9.59 Å². The minimum atomic E-state index is -1.67. The molecule has 0 aromatic heterocycles. The molecule has 0 aromatic carbocycles. The van der Waals surface area contributed by atoms with Crippen LogP contribution in [0, 0.1) is 0 Å². The van der Waals surface area contributed by atoms with Crippen LogP contribution in [0.4, 0.5) is 0 Å². The maximum atomic E-state index is 10.6. The summed E-state index contributed by atoms with van der Waals surface area (Å²) in [5.41, 5.74) is 0. The number of aliphatic hydroxyl groups is 2. The van der Waals surface area contributed by atoms with Crippen LogP contribution in [0.3, 0.4) is 0 Å². The van der Waals surface area contributed by atoms with E-state index in [9.17, 15) is 9.59 Å². The zero-order valence-electron chi connectivity index (χ0n) is 5.86. The van der Waals surface area contributed by atoms with E-state index in [0.717, 1.165) is 0 Å². The Hall–Kier alpha value is -0.940. The lowest BCUT2D eigenvalue weighted by molar-refractivity contribution is -0.139. The van der Waals surface area contributed by atoms with Gasteiger partial charge in [-0.1, -0.05) is 0 Å². The van der Waals surface area contributed by atoms with Crippen molar-refractivity contribution in [3.05, 3.63) is 0 Å². The van der Waals surface area contributed by atoms with Crippen LogP contribution < -0.4 is 0 Å².